The first-order valence-electron chi connectivity index (χ1n) is 10.0. The topological polar surface area (TPSA) is 32.8 Å². The largest absolute Gasteiger partial charge is 0.376 e. The molecule has 2 saturated heterocycles. The molecule has 1 amide bonds. The summed E-state index contributed by atoms with van der Waals surface area (Å²) in [5, 5.41) is 0. The molecule has 4 nitrogen and oxygen atoms in total. The number of piperidine rings is 2. The van der Waals surface area contributed by atoms with Crippen LogP contribution in [0.5, 0.6) is 0 Å². The van der Waals surface area contributed by atoms with Gasteiger partial charge in [0.1, 0.15) is 0 Å². The number of hydrogen-bond donors (Lipinski definition) is 0. The van der Waals surface area contributed by atoms with E-state index in [9.17, 15) is 4.79 Å². The number of nitrogens with zero attached hydrogens (tertiary/aromatic N) is 2. The highest BCUT2D eigenvalue weighted by Crippen LogP contribution is 2.37. The van der Waals surface area contributed by atoms with Crippen LogP contribution in [0.25, 0.3) is 0 Å². The van der Waals surface area contributed by atoms with Gasteiger partial charge in [-0.05, 0) is 64.1 Å². The average Bonchev–Trinajstić information content (AvgIpc) is 2.65. The van der Waals surface area contributed by atoms with E-state index >= 15 is 0 Å². The first-order valence-corrected chi connectivity index (χ1v) is 10.0. The van der Waals surface area contributed by atoms with Gasteiger partial charge in [-0.25, -0.2) is 0 Å². The van der Waals surface area contributed by atoms with Gasteiger partial charge in [0.2, 0.25) is 5.91 Å². The van der Waals surface area contributed by atoms with Crippen molar-refractivity contribution in [1.82, 2.24) is 9.80 Å². The Morgan fingerprint density at radius 3 is 2.19 bits per heavy atom. The molecule has 2 aliphatic heterocycles. The maximum atomic E-state index is 11.6. The van der Waals surface area contributed by atoms with Crippen molar-refractivity contribution in [3.8, 4) is 0 Å². The van der Waals surface area contributed by atoms with E-state index in [4.69, 9.17) is 4.74 Å². The second-order valence-electron chi connectivity index (χ2n) is 8.39. The van der Waals surface area contributed by atoms with Crippen molar-refractivity contribution >= 4 is 5.91 Å². The maximum absolute atomic E-state index is 11.6. The molecule has 0 spiro atoms. The molecule has 2 fully saturated rings. The zero-order valence-electron chi connectivity index (χ0n) is 16.8. The molecule has 1 aromatic carbocycles. The lowest BCUT2D eigenvalue weighted by molar-refractivity contribution is -0.131. The monoisotopic (exact) mass is 358 g/mol. The smallest absolute Gasteiger partial charge is 0.219 e. The van der Waals surface area contributed by atoms with Crippen LogP contribution in [0.1, 0.15) is 56.8 Å². The van der Waals surface area contributed by atoms with Crippen LogP contribution in [0.2, 0.25) is 0 Å². The summed E-state index contributed by atoms with van der Waals surface area (Å²) in [5.74, 6) is 0.798. The summed E-state index contributed by atoms with van der Waals surface area (Å²) in [7, 11) is 1.84. The number of benzene rings is 1. The van der Waals surface area contributed by atoms with Gasteiger partial charge in [0, 0.05) is 32.7 Å². The number of hydrogen-bond acceptors (Lipinski definition) is 3. The second kappa shape index (κ2) is 8.10. The number of likely N-dealkylation sites (tertiary alicyclic amines) is 2. The molecule has 0 bridgehead atoms. The first kappa shape index (κ1) is 19.4. The Labute approximate surface area is 158 Å². The molecule has 1 atom stereocenters. The van der Waals surface area contributed by atoms with Crippen LogP contribution in [0.3, 0.4) is 0 Å². The van der Waals surface area contributed by atoms with Gasteiger partial charge in [-0.1, -0.05) is 29.8 Å². The molecule has 1 aromatic rings. The number of carbonyl (C=O) groups excluding carboxylic acids is 1. The number of carbonyl (C=O) groups is 1. The molecule has 2 heterocycles. The van der Waals surface area contributed by atoms with Gasteiger partial charge < -0.3 is 9.64 Å². The van der Waals surface area contributed by atoms with E-state index in [1.54, 1.807) is 6.92 Å². The predicted molar refractivity (Wildman–Crippen MR) is 105 cm³/mol. The fourth-order valence-corrected chi connectivity index (χ4v) is 4.72. The normalized spacial score (nSPS) is 23.0. The van der Waals surface area contributed by atoms with Crippen LogP contribution in [0.15, 0.2) is 24.3 Å². The Balaban J connectivity index is 1.58. The number of ether oxygens (including phenoxy) is 1. The van der Waals surface area contributed by atoms with E-state index in [1.807, 2.05) is 12.0 Å². The third kappa shape index (κ3) is 4.12. The van der Waals surface area contributed by atoms with Gasteiger partial charge in [-0.3, -0.25) is 9.69 Å². The van der Waals surface area contributed by atoms with Gasteiger partial charge in [-0.15, -0.1) is 0 Å². The standard InChI is InChI=1S/C22H34N2O2/c1-17-5-7-19(8-6-17)21(26-4)20-9-13-24(14-10-20)22(3)11-15-23(16-12-22)18(2)25/h5-8,20-21H,9-16H2,1-4H3. The summed E-state index contributed by atoms with van der Waals surface area (Å²) in [6, 6.07) is 8.80. The van der Waals surface area contributed by atoms with E-state index in [1.165, 1.54) is 24.0 Å². The Kier molecular flexibility index (Phi) is 6.03. The minimum atomic E-state index is 0.199. The minimum Gasteiger partial charge on any atom is -0.376 e. The van der Waals surface area contributed by atoms with E-state index in [0.29, 0.717) is 5.92 Å². The summed E-state index contributed by atoms with van der Waals surface area (Å²) >= 11 is 0. The van der Waals surface area contributed by atoms with Crippen molar-refractivity contribution in [2.45, 2.75) is 58.1 Å². The van der Waals surface area contributed by atoms with Gasteiger partial charge in [-0.2, -0.15) is 0 Å². The summed E-state index contributed by atoms with van der Waals surface area (Å²) in [5.41, 5.74) is 2.84. The molecule has 0 aliphatic carbocycles. The molecule has 0 aromatic heterocycles. The summed E-state index contributed by atoms with van der Waals surface area (Å²) in [6.45, 7) is 10.3. The summed E-state index contributed by atoms with van der Waals surface area (Å²) in [4.78, 5) is 16.3. The SMILES string of the molecule is COC(c1ccc(C)cc1)C1CCN(C2(C)CCN(C(C)=O)CC2)CC1. The number of methoxy groups -OCH3 is 1. The van der Waals surface area contributed by atoms with Gasteiger partial charge >= 0.3 is 0 Å². The van der Waals surface area contributed by atoms with E-state index in [2.05, 4.69) is 43.0 Å². The van der Waals surface area contributed by atoms with Crippen molar-refractivity contribution < 1.29 is 9.53 Å². The third-order valence-electron chi connectivity index (χ3n) is 6.68. The van der Waals surface area contributed by atoms with Crippen LogP contribution in [-0.4, -0.2) is 54.5 Å². The lowest BCUT2D eigenvalue weighted by atomic mass is 9.82. The lowest BCUT2D eigenvalue weighted by Gasteiger charge is -2.49. The van der Waals surface area contributed by atoms with Gasteiger partial charge in [0.05, 0.1) is 6.10 Å². The number of amides is 1. The molecule has 0 saturated carbocycles. The third-order valence-corrected chi connectivity index (χ3v) is 6.68. The molecule has 4 heteroatoms. The molecule has 144 valence electrons. The first-order chi connectivity index (χ1) is 12.4. The van der Waals surface area contributed by atoms with Crippen LogP contribution in [0, 0.1) is 12.8 Å². The average molecular weight is 359 g/mol. The molecule has 1 unspecified atom stereocenters. The minimum absolute atomic E-state index is 0.199. The second-order valence-corrected chi connectivity index (χ2v) is 8.39. The Morgan fingerprint density at radius 2 is 1.69 bits per heavy atom. The molecule has 2 aliphatic rings. The molecule has 0 N–H and O–H groups in total. The zero-order valence-corrected chi connectivity index (χ0v) is 16.8. The van der Waals surface area contributed by atoms with Gasteiger partial charge in [0.15, 0.2) is 0 Å². The van der Waals surface area contributed by atoms with Crippen LogP contribution < -0.4 is 0 Å². The van der Waals surface area contributed by atoms with Crippen molar-refractivity contribution in [2.75, 3.05) is 33.3 Å². The zero-order chi connectivity index (χ0) is 18.7. The highest BCUT2D eigenvalue weighted by Gasteiger charge is 2.39. The van der Waals surface area contributed by atoms with Crippen molar-refractivity contribution in [3.63, 3.8) is 0 Å². The van der Waals surface area contributed by atoms with Crippen molar-refractivity contribution in [3.05, 3.63) is 35.4 Å². The molecule has 0 radical (unpaired) electrons. The Bertz CT molecular complexity index is 597. The number of rotatable bonds is 4. The molecular weight excluding hydrogens is 324 g/mol. The maximum Gasteiger partial charge on any atom is 0.219 e. The van der Waals surface area contributed by atoms with Crippen LogP contribution in [-0.2, 0) is 9.53 Å². The highest BCUT2D eigenvalue weighted by atomic mass is 16.5. The summed E-state index contributed by atoms with van der Waals surface area (Å²) < 4.78 is 5.90. The van der Waals surface area contributed by atoms with E-state index in [-0.39, 0.29) is 17.6 Å². The Morgan fingerprint density at radius 1 is 1.12 bits per heavy atom. The highest BCUT2D eigenvalue weighted by molar-refractivity contribution is 5.73. The van der Waals surface area contributed by atoms with Crippen LogP contribution >= 0.6 is 0 Å². The quantitative estimate of drug-likeness (QED) is 0.821. The van der Waals surface area contributed by atoms with Crippen LogP contribution in [0.4, 0.5) is 0 Å². The fraction of sp³-hybridized carbons (Fsp3) is 0.682. The van der Waals surface area contributed by atoms with Crippen molar-refractivity contribution in [1.29, 1.82) is 0 Å². The fourth-order valence-electron chi connectivity index (χ4n) is 4.72. The summed E-state index contributed by atoms with van der Waals surface area (Å²) in [6.07, 6.45) is 4.73. The van der Waals surface area contributed by atoms with Crippen molar-refractivity contribution in [2.24, 2.45) is 5.92 Å². The lowest BCUT2D eigenvalue weighted by Crippen LogP contribution is -2.56. The number of aryl methyl sites for hydroxylation is 1. The molecular formula is C22H34N2O2. The van der Waals surface area contributed by atoms with Gasteiger partial charge in [0.25, 0.3) is 0 Å². The molecule has 3 rings (SSSR count). The predicted octanol–water partition coefficient (Wildman–Crippen LogP) is 3.80. The van der Waals surface area contributed by atoms with E-state index < -0.39 is 0 Å². The van der Waals surface area contributed by atoms with E-state index in [0.717, 1.165) is 39.0 Å². The molecule has 26 heavy (non-hydrogen) atoms. The Hall–Kier alpha value is -1.39.